The first-order valence-electron chi connectivity index (χ1n) is 4.62. The smallest absolute Gasteiger partial charge is 0.374 e. The number of esters is 1. The van der Waals surface area contributed by atoms with Gasteiger partial charge in [0.05, 0.1) is 12.8 Å². The Morgan fingerprint density at radius 1 is 1.69 bits per heavy atom. The van der Waals surface area contributed by atoms with Gasteiger partial charge in [0.15, 0.2) is 0 Å². The van der Waals surface area contributed by atoms with Crippen LogP contribution in [0.5, 0.6) is 0 Å². The van der Waals surface area contributed by atoms with Gasteiger partial charge in [0, 0.05) is 10.7 Å². The first kappa shape index (κ1) is 11.1. The van der Waals surface area contributed by atoms with E-state index in [0.717, 1.165) is 0 Å². The molecule has 0 atom stereocenters. The summed E-state index contributed by atoms with van der Waals surface area (Å²) < 4.78 is 20.2. The van der Waals surface area contributed by atoms with Crippen LogP contribution in [0.3, 0.4) is 0 Å². The van der Waals surface area contributed by atoms with Crippen LogP contribution >= 0.6 is 15.9 Å². The Bertz CT molecular complexity index is 553. The highest BCUT2D eigenvalue weighted by Gasteiger charge is 2.16. The van der Waals surface area contributed by atoms with Crippen molar-refractivity contribution >= 4 is 27.4 Å². The van der Waals surface area contributed by atoms with Crippen LogP contribution in [0.2, 0.25) is 0 Å². The summed E-state index contributed by atoms with van der Waals surface area (Å²) in [4.78, 5) is 15.3. The Morgan fingerprint density at radius 3 is 3.12 bits per heavy atom. The zero-order valence-electron chi connectivity index (χ0n) is 8.41. The molecule has 0 spiro atoms. The average molecular weight is 287 g/mol. The minimum Gasteiger partial charge on any atom is -0.460 e. The van der Waals surface area contributed by atoms with Crippen molar-refractivity contribution in [2.24, 2.45) is 0 Å². The monoisotopic (exact) mass is 286 g/mol. The van der Waals surface area contributed by atoms with Crippen molar-refractivity contribution < 1.29 is 13.9 Å². The summed E-state index contributed by atoms with van der Waals surface area (Å²) >= 11 is 3.15. The van der Waals surface area contributed by atoms with E-state index in [2.05, 4.69) is 20.9 Å². The van der Waals surface area contributed by atoms with Gasteiger partial charge in [0.1, 0.15) is 11.3 Å². The number of aromatic nitrogens is 2. The van der Waals surface area contributed by atoms with Crippen LogP contribution in [-0.4, -0.2) is 22.0 Å². The zero-order chi connectivity index (χ0) is 11.7. The molecule has 2 aromatic heterocycles. The van der Waals surface area contributed by atoms with Gasteiger partial charge >= 0.3 is 5.97 Å². The number of ether oxygens (including phenoxy) is 1. The fourth-order valence-corrected chi connectivity index (χ4v) is 1.78. The van der Waals surface area contributed by atoms with E-state index in [1.165, 1.54) is 16.7 Å². The van der Waals surface area contributed by atoms with Gasteiger partial charge in [-0.1, -0.05) is 0 Å². The third kappa shape index (κ3) is 1.80. The van der Waals surface area contributed by atoms with Gasteiger partial charge in [-0.3, -0.25) is 4.40 Å². The van der Waals surface area contributed by atoms with E-state index in [4.69, 9.17) is 4.74 Å². The molecule has 84 valence electrons. The van der Waals surface area contributed by atoms with Crippen molar-refractivity contribution in [1.82, 2.24) is 9.38 Å². The molecule has 0 radical (unpaired) electrons. The molecule has 0 fully saturated rings. The lowest BCUT2D eigenvalue weighted by Crippen LogP contribution is -2.09. The standard InChI is InChI=1S/C10H8BrFN2O2/c1-2-16-10(15)9-13-4-8-7(12)3-6(11)5-14(8)9/h3-5H,2H2,1H3. The zero-order valence-corrected chi connectivity index (χ0v) is 9.99. The van der Waals surface area contributed by atoms with Crippen LogP contribution in [0.25, 0.3) is 5.52 Å². The van der Waals surface area contributed by atoms with Crippen molar-refractivity contribution in [3.63, 3.8) is 0 Å². The number of fused-ring (bicyclic) bond motifs is 1. The van der Waals surface area contributed by atoms with Crippen molar-refractivity contribution in [2.45, 2.75) is 6.92 Å². The molecular weight excluding hydrogens is 279 g/mol. The Morgan fingerprint density at radius 2 is 2.44 bits per heavy atom. The molecule has 0 bridgehead atoms. The third-order valence-corrected chi connectivity index (χ3v) is 2.45. The first-order valence-corrected chi connectivity index (χ1v) is 5.42. The summed E-state index contributed by atoms with van der Waals surface area (Å²) in [7, 11) is 0. The Hall–Kier alpha value is -1.43. The molecule has 0 saturated heterocycles. The summed E-state index contributed by atoms with van der Waals surface area (Å²) in [6.07, 6.45) is 2.87. The van der Waals surface area contributed by atoms with Crippen LogP contribution in [0, 0.1) is 5.82 Å². The Kier molecular flexibility index (Phi) is 2.91. The maximum atomic E-state index is 13.5. The van der Waals surface area contributed by atoms with Gasteiger partial charge in [-0.15, -0.1) is 0 Å². The number of rotatable bonds is 2. The second-order valence-corrected chi connectivity index (χ2v) is 3.98. The van der Waals surface area contributed by atoms with E-state index < -0.39 is 11.8 Å². The average Bonchev–Trinajstić information content (AvgIpc) is 2.61. The van der Waals surface area contributed by atoms with Crippen molar-refractivity contribution in [3.8, 4) is 0 Å². The van der Waals surface area contributed by atoms with E-state index >= 15 is 0 Å². The predicted octanol–water partition coefficient (Wildman–Crippen LogP) is 2.41. The molecular formula is C10H8BrFN2O2. The predicted molar refractivity (Wildman–Crippen MR) is 58.8 cm³/mol. The fraction of sp³-hybridized carbons (Fsp3) is 0.200. The lowest BCUT2D eigenvalue weighted by Gasteiger charge is -2.02. The molecule has 0 amide bonds. The molecule has 16 heavy (non-hydrogen) atoms. The van der Waals surface area contributed by atoms with E-state index in [-0.39, 0.29) is 17.9 Å². The normalized spacial score (nSPS) is 10.7. The van der Waals surface area contributed by atoms with Gasteiger partial charge in [0.2, 0.25) is 5.82 Å². The highest BCUT2D eigenvalue weighted by molar-refractivity contribution is 9.10. The van der Waals surface area contributed by atoms with Gasteiger partial charge in [-0.05, 0) is 28.9 Å². The lowest BCUT2D eigenvalue weighted by atomic mass is 10.4. The SMILES string of the molecule is CCOC(=O)c1ncc2c(F)cc(Br)cn12. The second-order valence-electron chi connectivity index (χ2n) is 3.06. The summed E-state index contributed by atoms with van der Waals surface area (Å²) in [5.74, 6) is -0.950. The molecule has 4 nitrogen and oxygen atoms in total. The number of carbonyl (C=O) groups is 1. The number of halogens is 2. The topological polar surface area (TPSA) is 43.6 Å². The van der Waals surface area contributed by atoms with Crippen molar-refractivity contribution in [2.75, 3.05) is 6.61 Å². The van der Waals surface area contributed by atoms with Gasteiger partial charge in [-0.25, -0.2) is 14.2 Å². The van der Waals surface area contributed by atoms with Gasteiger partial charge in [-0.2, -0.15) is 0 Å². The molecule has 0 saturated carbocycles. The number of hydrogen-bond acceptors (Lipinski definition) is 3. The molecule has 2 aromatic rings. The van der Waals surface area contributed by atoms with E-state index in [1.807, 2.05) is 0 Å². The largest absolute Gasteiger partial charge is 0.460 e. The van der Waals surface area contributed by atoms with Crippen LogP contribution in [0.1, 0.15) is 17.5 Å². The van der Waals surface area contributed by atoms with Crippen LogP contribution < -0.4 is 0 Å². The van der Waals surface area contributed by atoms with E-state index in [1.54, 1.807) is 13.1 Å². The van der Waals surface area contributed by atoms with Crippen LogP contribution in [0.15, 0.2) is 22.9 Å². The fourth-order valence-electron chi connectivity index (χ4n) is 1.37. The van der Waals surface area contributed by atoms with Crippen molar-refractivity contribution in [1.29, 1.82) is 0 Å². The summed E-state index contributed by atoms with van der Waals surface area (Å²) in [6, 6.07) is 1.31. The number of pyridine rings is 1. The van der Waals surface area contributed by atoms with Gasteiger partial charge in [0.25, 0.3) is 0 Å². The first-order chi connectivity index (χ1) is 7.63. The van der Waals surface area contributed by atoms with E-state index in [0.29, 0.717) is 4.47 Å². The number of hydrogen-bond donors (Lipinski definition) is 0. The molecule has 6 heteroatoms. The summed E-state index contributed by atoms with van der Waals surface area (Å²) in [5.41, 5.74) is 0.242. The minimum absolute atomic E-state index is 0.0667. The Labute approximate surface area is 99.2 Å². The molecule has 0 aliphatic rings. The van der Waals surface area contributed by atoms with Crippen molar-refractivity contribution in [3.05, 3.63) is 34.6 Å². The molecule has 0 N–H and O–H groups in total. The quantitative estimate of drug-likeness (QED) is 0.797. The minimum atomic E-state index is -0.569. The third-order valence-electron chi connectivity index (χ3n) is 2.02. The molecule has 2 heterocycles. The molecule has 2 rings (SSSR count). The maximum Gasteiger partial charge on any atom is 0.374 e. The van der Waals surface area contributed by atoms with Gasteiger partial charge < -0.3 is 4.74 Å². The molecule has 0 aromatic carbocycles. The second kappa shape index (κ2) is 4.21. The molecule has 0 aliphatic carbocycles. The number of carbonyl (C=O) groups excluding carboxylic acids is 1. The summed E-state index contributed by atoms with van der Waals surface area (Å²) in [5, 5.41) is 0. The highest BCUT2D eigenvalue weighted by Crippen LogP contribution is 2.18. The summed E-state index contributed by atoms with van der Waals surface area (Å²) in [6.45, 7) is 1.95. The molecule has 0 unspecified atom stereocenters. The Balaban J connectivity index is 2.60. The van der Waals surface area contributed by atoms with Crippen LogP contribution in [-0.2, 0) is 4.74 Å². The maximum absolute atomic E-state index is 13.5. The number of nitrogens with zero attached hydrogens (tertiary/aromatic N) is 2. The molecule has 0 aliphatic heterocycles. The highest BCUT2D eigenvalue weighted by atomic mass is 79.9. The van der Waals surface area contributed by atoms with E-state index in [9.17, 15) is 9.18 Å². The lowest BCUT2D eigenvalue weighted by molar-refractivity contribution is 0.0511. The van der Waals surface area contributed by atoms with Crippen LogP contribution in [0.4, 0.5) is 4.39 Å². The number of imidazole rings is 1.